The Morgan fingerprint density at radius 1 is 1.46 bits per heavy atom. The van der Waals surface area contributed by atoms with Crippen LogP contribution in [0.15, 0.2) is 40.3 Å². The zero-order valence-corrected chi connectivity index (χ0v) is 14.5. The molecule has 0 saturated carbocycles. The number of aliphatic imine (C=N–C) groups is 1. The van der Waals surface area contributed by atoms with Crippen LogP contribution in [0.5, 0.6) is 0 Å². The lowest BCUT2D eigenvalue weighted by atomic mass is 10.2. The number of pyridine rings is 1. The van der Waals surface area contributed by atoms with Gasteiger partial charge < -0.3 is 14.7 Å². The van der Waals surface area contributed by atoms with E-state index in [1.54, 1.807) is 30.9 Å². The van der Waals surface area contributed by atoms with Gasteiger partial charge in [-0.1, -0.05) is 0 Å². The van der Waals surface area contributed by atoms with Crippen LogP contribution in [0.3, 0.4) is 0 Å². The van der Waals surface area contributed by atoms with Gasteiger partial charge in [0.15, 0.2) is 5.65 Å². The van der Waals surface area contributed by atoms with Crippen molar-refractivity contribution in [2.45, 2.75) is 19.4 Å². The maximum atomic E-state index is 12.6. The van der Waals surface area contributed by atoms with Crippen LogP contribution in [-0.2, 0) is 0 Å². The molecule has 0 radical (unpaired) electrons. The normalized spacial score (nSPS) is 17.2. The quantitative estimate of drug-likeness (QED) is 0.662. The van der Waals surface area contributed by atoms with Crippen molar-refractivity contribution >= 4 is 23.3 Å². The van der Waals surface area contributed by atoms with Gasteiger partial charge in [0, 0.05) is 31.5 Å². The Kier molecular flexibility index (Phi) is 4.49. The number of fused-ring (bicyclic) bond motifs is 1. The summed E-state index contributed by atoms with van der Waals surface area (Å²) in [5.41, 5.74) is 2.49. The van der Waals surface area contributed by atoms with Crippen molar-refractivity contribution in [1.29, 1.82) is 0 Å². The van der Waals surface area contributed by atoms with E-state index < -0.39 is 0 Å². The summed E-state index contributed by atoms with van der Waals surface area (Å²) in [5, 5.41) is 2.97. The minimum Gasteiger partial charge on any atom is -0.472 e. The third-order valence-corrected chi connectivity index (χ3v) is 4.50. The van der Waals surface area contributed by atoms with Crippen molar-refractivity contribution < 1.29 is 9.21 Å². The molecular weight excluding hydrogens is 332 g/mol. The van der Waals surface area contributed by atoms with Gasteiger partial charge in [-0.2, -0.15) is 0 Å². The maximum absolute atomic E-state index is 12.6. The average Bonchev–Trinajstić information content (AvgIpc) is 3.38. The van der Waals surface area contributed by atoms with Gasteiger partial charge in [-0.3, -0.25) is 14.7 Å². The summed E-state index contributed by atoms with van der Waals surface area (Å²) in [6.45, 7) is 4.38. The number of carbonyl (C=O) groups excluding carboxylic acids is 1. The van der Waals surface area contributed by atoms with Gasteiger partial charge in [-0.05, 0) is 25.5 Å². The Morgan fingerprint density at radius 2 is 2.38 bits per heavy atom. The molecule has 1 amide bonds. The molecule has 0 bridgehead atoms. The number of rotatable bonds is 6. The number of hydrogen-bond donors (Lipinski definition) is 2. The minimum atomic E-state index is -0.134. The van der Waals surface area contributed by atoms with Crippen molar-refractivity contribution in [1.82, 2.24) is 25.2 Å². The zero-order chi connectivity index (χ0) is 17.9. The second-order valence-corrected chi connectivity index (χ2v) is 6.29. The highest BCUT2D eigenvalue weighted by atomic mass is 16.3. The Labute approximate surface area is 150 Å². The highest BCUT2D eigenvalue weighted by molar-refractivity contribution is 6.04. The Morgan fingerprint density at radius 3 is 3.15 bits per heavy atom. The first kappa shape index (κ1) is 16.5. The fraction of sp³-hybridized carbons (Fsp3) is 0.333. The molecular formula is C18H20N6O2. The smallest absolute Gasteiger partial charge is 0.253 e. The number of nitrogens with one attached hydrogen (secondary N) is 2. The molecule has 0 saturated heterocycles. The molecule has 3 aromatic heterocycles. The molecule has 0 aromatic carbocycles. The Bertz CT molecular complexity index is 930. The number of nitrogens with zero attached hydrogens (tertiary/aromatic N) is 4. The number of imidazole rings is 1. The number of amides is 1. The van der Waals surface area contributed by atoms with Gasteiger partial charge in [-0.15, -0.1) is 0 Å². The van der Waals surface area contributed by atoms with Crippen LogP contribution in [0.4, 0.5) is 0 Å². The fourth-order valence-corrected chi connectivity index (χ4v) is 3.02. The third-order valence-electron chi connectivity index (χ3n) is 4.50. The molecule has 3 aromatic rings. The SMILES string of the molecule is CC1C=NCN1CCCNC(=O)c1ccnc2nc(-c3ccoc3)[nH]c12. The maximum Gasteiger partial charge on any atom is 0.253 e. The van der Waals surface area contributed by atoms with Crippen LogP contribution in [0.25, 0.3) is 22.6 Å². The van der Waals surface area contributed by atoms with Crippen LogP contribution in [0.1, 0.15) is 23.7 Å². The van der Waals surface area contributed by atoms with Gasteiger partial charge >= 0.3 is 0 Å². The molecule has 26 heavy (non-hydrogen) atoms. The second kappa shape index (κ2) is 7.09. The topological polar surface area (TPSA) is 99.4 Å². The molecule has 8 nitrogen and oxygen atoms in total. The molecule has 1 aliphatic rings. The summed E-state index contributed by atoms with van der Waals surface area (Å²) < 4.78 is 5.09. The average molecular weight is 352 g/mol. The first-order chi connectivity index (χ1) is 12.7. The molecule has 1 aliphatic heterocycles. The predicted molar refractivity (Wildman–Crippen MR) is 98.1 cm³/mol. The van der Waals surface area contributed by atoms with Crippen LogP contribution in [0, 0.1) is 0 Å². The molecule has 4 heterocycles. The lowest BCUT2D eigenvalue weighted by Gasteiger charge is -2.19. The zero-order valence-electron chi connectivity index (χ0n) is 14.5. The molecule has 0 aliphatic carbocycles. The van der Waals surface area contributed by atoms with E-state index in [9.17, 15) is 4.79 Å². The molecule has 1 unspecified atom stereocenters. The van der Waals surface area contributed by atoms with E-state index in [1.807, 2.05) is 6.21 Å². The first-order valence-electron chi connectivity index (χ1n) is 8.62. The van der Waals surface area contributed by atoms with Gasteiger partial charge in [0.2, 0.25) is 0 Å². The van der Waals surface area contributed by atoms with Crippen molar-refractivity contribution in [3.05, 3.63) is 36.4 Å². The number of H-pyrrole nitrogens is 1. The van der Waals surface area contributed by atoms with E-state index >= 15 is 0 Å². The Hall–Kier alpha value is -3.00. The summed E-state index contributed by atoms with van der Waals surface area (Å²) in [4.78, 5) is 30.9. The van der Waals surface area contributed by atoms with Crippen LogP contribution >= 0.6 is 0 Å². The fourth-order valence-electron chi connectivity index (χ4n) is 3.02. The van der Waals surface area contributed by atoms with Crippen molar-refractivity contribution in [2.75, 3.05) is 19.8 Å². The summed E-state index contributed by atoms with van der Waals surface area (Å²) in [7, 11) is 0. The standard InChI is InChI=1S/C18H20N6O2/c1-12-9-19-11-24(12)7-2-5-21-18(25)14-3-6-20-17-15(14)22-16(23-17)13-4-8-26-10-13/h3-4,6,8-10,12H,2,5,7,11H2,1H3,(H,21,25)(H,20,22,23). The lowest BCUT2D eigenvalue weighted by molar-refractivity contribution is 0.0953. The monoisotopic (exact) mass is 352 g/mol. The van der Waals surface area contributed by atoms with E-state index in [1.165, 1.54) is 0 Å². The molecule has 1 atom stereocenters. The van der Waals surface area contributed by atoms with Gasteiger partial charge in [-0.25, -0.2) is 9.97 Å². The highest BCUT2D eigenvalue weighted by Gasteiger charge is 2.17. The van der Waals surface area contributed by atoms with E-state index in [4.69, 9.17) is 4.42 Å². The summed E-state index contributed by atoms with van der Waals surface area (Å²) in [6, 6.07) is 3.88. The summed E-state index contributed by atoms with van der Waals surface area (Å²) in [5.74, 6) is 0.495. The molecule has 2 N–H and O–H groups in total. The van der Waals surface area contributed by atoms with Gasteiger partial charge in [0.05, 0.1) is 29.6 Å². The number of aromatic amines is 1. The van der Waals surface area contributed by atoms with Crippen molar-refractivity contribution in [3.8, 4) is 11.4 Å². The third kappa shape index (κ3) is 3.23. The molecule has 4 rings (SSSR count). The first-order valence-corrected chi connectivity index (χ1v) is 8.62. The molecule has 134 valence electrons. The number of carbonyl (C=O) groups is 1. The second-order valence-electron chi connectivity index (χ2n) is 6.29. The minimum absolute atomic E-state index is 0.134. The van der Waals surface area contributed by atoms with Crippen LogP contribution < -0.4 is 5.32 Å². The van der Waals surface area contributed by atoms with E-state index in [2.05, 4.69) is 37.1 Å². The van der Waals surface area contributed by atoms with E-state index in [0.29, 0.717) is 35.1 Å². The van der Waals surface area contributed by atoms with Crippen LogP contribution in [-0.4, -0.2) is 57.8 Å². The molecule has 0 spiro atoms. The largest absolute Gasteiger partial charge is 0.472 e. The van der Waals surface area contributed by atoms with Crippen molar-refractivity contribution in [3.63, 3.8) is 0 Å². The summed E-state index contributed by atoms with van der Waals surface area (Å²) in [6.07, 6.45) is 7.61. The highest BCUT2D eigenvalue weighted by Crippen LogP contribution is 2.21. The summed E-state index contributed by atoms with van der Waals surface area (Å²) >= 11 is 0. The van der Waals surface area contributed by atoms with Gasteiger partial charge in [0.1, 0.15) is 12.1 Å². The lowest BCUT2D eigenvalue weighted by Crippen LogP contribution is -2.33. The number of hydrogen-bond acceptors (Lipinski definition) is 6. The molecule has 8 heteroatoms. The Balaban J connectivity index is 1.41. The molecule has 0 fully saturated rings. The van der Waals surface area contributed by atoms with Crippen molar-refractivity contribution in [2.24, 2.45) is 4.99 Å². The van der Waals surface area contributed by atoms with E-state index in [-0.39, 0.29) is 5.91 Å². The van der Waals surface area contributed by atoms with Gasteiger partial charge in [0.25, 0.3) is 5.91 Å². The van der Waals surface area contributed by atoms with Crippen LogP contribution in [0.2, 0.25) is 0 Å². The number of aromatic nitrogens is 3. The van der Waals surface area contributed by atoms with E-state index in [0.717, 1.165) is 25.2 Å². The number of furan rings is 1. The predicted octanol–water partition coefficient (Wildman–Crippen LogP) is 2.07.